The summed E-state index contributed by atoms with van der Waals surface area (Å²) in [4.78, 5) is 10.8. The van der Waals surface area contributed by atoms with E-state index >= 15 is 0 Å². The molecule has 0 aromatic carbocycles. The van der Waals surface area contributed by atoms with Crippen molar-refractivity contribution in [3.8, 4) is 0 Å². The molecule has 1 aliphatic carbocycles. The van der Waals surface area contributed by atoms with E-state index in [1.165, 1.54) is 7.11 Å². The smallest absolute Gasteiger partial charge is 0.309 e. The number of carbonyl (C=O) groups is 1. The number of rotatable bonds is 3. The minimum atomic E-state index is -0.765. The molecular formula is C7H12O4. The summed E-state index contributed by atoms with van der Waals surface area (Å²) in [6, 6.07) is 0. The minimum absolute atomic E-state index is 0.0903. The molecule has 3 atom stereocenters. The molecule has 0 bridgehead atoms. The molecule has 11 heavy (non-hydrogen) atoms. The first-order chi connectivity index (χ1) is 5.20. The van der Waals surface area contributed by atoms with Crippen LogP contribution in [0.25, 0.3) is 0 Å². The molecule has 0 spiro atoms. The fourth-order valence-electron chi connectivity index (χ4n) is 1.20. The summed E-state index contributed by atoms with van der Waals surface area (Å²) in [5.41, 5.74) is 0. The second-order valence-electron chi connectivity index (χ2n) is 2.78. The lowest BCUT2D eigenvalue weighted by Gasteiger charge is -2.03. The molecule has 4 heteroatoms. The van der Waals surface area contributed by atoms with Crippen molar-refractivity contribution >= 4 is 5.97 Å². The van der Waals surface area contributed by atoms with Crippen molar-refractivity contribution in [2.45, 2.75) is 12.5 Å². The van der Waals surface area contributed by atoms with Gasteiger partial charge in [0.2, 0.25) is 0 Å². The highest BCUT2D eigenvalue weighted by molar-refractivity contribution is 5.75. The highest BCUT2D eigenvalue weighted by Gasteiger charge is 2.47. The minimum Gasteiger partial charge on any atom is -0.469 e. The normalized spacial score (nSPS) is 31.2. The summed E-state index contributed by atoms with van der Waals surface area (Å²) in [6.45, 7) is -0.280. The standard InChI is InChI=1S/C7H12O4/c1-11-7(10)5-2-4(5)6(9)3-8/h4-6,8-9H,2-3H2,1H3/t4-,5-,6-/m1/s1. The van der Waals surface area contributed by atoms with Crippen LogP contribution in [0.1, 0.15) is 6.42 Å². The van der Waals surface area contributed by atoms with Crippen LogP contribution in [-0.4, -0.2) is 36.0 Å². The largest absolute Gasteiger partial charge is 0.469 e. The maximum Gasteiger partial charge on any atom is 0.309 e. The molecular weight excluding hydrogens is 148 g/mol. The van der Waals surface area contributed by atoms with Gasteiger partial charge in [0.15, 0.2) is 0 Å². The van der Waals surface area contributed by atoms with E-state index in [0.717, 1.165) is 0 Å². The van der Waals surface area contributed by atoms with Crippen LogP contribution in [0, 0.1) is 11.8 Å². The Morgan fingerprint density at radius 1 is 1.82 bits per heavy atom. The Morgan fingerprint density at radius 3 is 2.91 bits per heavy atom. The van der Waals surface area contributed by atoms with Crippen molar-refractivity contribution in [1.29, 1.82) is 0 Å². The number of aliphatic hydroxyl groups is 2. The van der Waals surface area contributed by atoms with Gasteiger partial charge in [-0.1, -0.05) is 0 Å². The van der Waals surface area contributed by atoms with Crippen molar-refractivity contribution < 1.29 is 19.7 Å². The van der Waals surface area contributed by atoms with E-state index in [2.05, 4.69) is 4.74 Å². The number of esters is 1. The first kappa shape index (κ1) is 8.49. The van der Waals surface area contributed by atoms with Gasteiger partial charge in [0, 0.05) is 5.92 Å². The van der Waals surface area contributed by atoms with Crippen LogP contribution in [0.15, 0.2) is 0 Å². The molecule has 1 rings (SSSR count). The molecule has 64 valence electrons. The van der Waals surface area contributed by atoms with Crippen molar-refractivity contribution in [2.75, 3.05) is 13.7 Å². The van der Waals surface area contributed by atoms with Crippen LogP contribution >= 0.6 is 0 Å². The van der Waals surface area contributed by atoms with Gasteiger partial charge < -0.3 is 14.9 Å². The van der Waals surface area contributed by atoms with Crippen molar-refractivity contribution in [2.24, 2.45) is 11.8 Å². The van der Waals surface area contributed by atoms with Crippen LogP contribution in [0.4, 0.5) is 0 Å². The van der Waals surface area contributed by atoms with Crippen LogP contribution in [0.2, 0.25) is 0 Å². The maximum atomic E-state index is 10.8. The lowest BCUT2D eigenvalue weighted by atomic mass is 10.2. The number of carbonyl (C=O) groups excluding carboxylic acids is 1. The van der Waals surface area contributed by atoms with Gasteiger partial charge in [-0.15, -0.1) is 0 Å². The fourth-order valence-corrected chi connectivity index (χ4v) is 1.20. The highest BCUT2D eigenvalue weighted by Crippen LogP contribution is 2.41. The molecule has 0 radical (unpaired) electrons. The molecule has 2 N–H and O–H groups in total. The summed E-state index contributed by atoms with van der Waals surface area (Å²) in [5, 5.41) is 17.6. The first-order valence-electron chi connectivity index (χ1n) is 3.57. The lowest BCUT2D eigenvalue weighted by Crippen LogP contribution is -2.18. The van der Waals surface area contributed by atoms with Gasteiger partial charge in [0.25, 0.3) is 0 Å². The zero-order valence-electron chi connectivity index (χ0n) is 6.36. The molecule has 1 aliphatic rings. The monoisotopic (exact) mass is 160 g/mol. The van der Waals surface area contributed by atoms with E-state index in [4.69, 9.17) is 10.2 Å². The number of ether oxygens (including phenoxy) is 1. The second kappa shape index (κ2) is 3.19. The van der Waals surface area contributed by atoms with E-state index in [-0.39, 0.29) is 24.4 Å². The first-order valence-corrected chi connectivity index (χ1v) is 3.57. The van der Waals surface area contributed by atoms with Gasteiger partial charge in [-0.25, -0.2) is 0 Å². The van der Waals surface area contributed by atoms with Gasteiger partial charge in [-0.2, -0.15) is 0 Å². The molecule has 0 amide bonds. The Morgan fingerprint density at radius 2 is 2.45 bits per heavy atom. The van der Waals surface area contributed by atoms with Gasteiger partial charge in [-0.05, 0) is 6.42 Å². The third-order valence-corrected chi connectivity index (χ3v) is 2.03. The molecule has 0 saturated heterocycles. The molecule has 0 unspecified atom stereocenters. The molecule has 1 saturated carbocycles. The van der Waals surface area contributed by atoms with Gasteiger partial charge >= 0.3 is 5.97 Å². The summed E-state index contributed by atoms with van der Waals surface area (Å²) in [7, 11) is 1.32. The number of aliphatic hydroxyl groups excluding tert-OH is 2. The zero-order chi connectivity index (χ0) is 8.43. The summed E-state index contributed by atoms with van der Waals surface area (Å²) in [5.74, 6) is -0.572. The van der Waals surface area contributed by atoms with Gasteiger partial charge in [0.1, 0.15) is 0 Å². The molecule has 0 aliphatic heterocycles. The van der Waals surface area contributed by atoms with Gasteiger partial charge in [-0.3, -0.25) is 4.79 Å². The van der Waals surface area contributed by atoms with E-state index in [0.29, 0.717) is 6.42 Å². The summed E-state index contributed by atoms with van der Waals surface area (Å²) in [6.07, 6.45) is -0.131. The number of hydrogen-bond acceptors (Lipinski definition) is 4. The number of methoxy groups -OCH3 is 1. The average Bonchev–Trinajstić information content (AvgIpc) is 2.80. The Hall–Kier alpha value is -0.610. The third kappa shape index (κ3) is 1.70. The van der Waals surface area contributed by atoms with Crippen molar-refractivity contribution in [3.05, 3.63) is 0 Å². The molecule has 0 heterocycles. The number of hydrogen-bond donors (Lipinski definition) is 2. The Kier molecular flexibility index (Phi) is 2.46. The van der Waals surface area contributed by atoms with E-state index in [1.54, 1.807) is 0 Å². The second-order valence-corrected chi connectivity index (χ2v) is 2.78. The zero-order valence-corrected chi connectivity index (χ0v) is 6.36. The van der Waals surface area contributed by atoms with E-state index in [1.807, 2.05) is 0 Å². The Bertz CT molecular complexity index is 157. The lowest BCUT2D eigenvalue weighted by molar-refractivity contribution is -0.143. The third-order valence-electron chi connectivity index (χ3n) is 2.03. The van der Waals surface area contributed by atoms with Crippen molar-refractivity contribution in [1.82, 2.24) is 0 Å². The molecule has 4 nitrogen and oxygen atoms in total. The Balaban J connectivity index is 2.31. The summed E-state index contributed by atoms with van der Waals surface area (Å²) >= 11 is 0. The quantitative estimate of drug-likeness (QED) is 0.528. The Labute approximate surface area is 64.8 Å². The van der Waals surface area contributed by atoms with Crippen molar-refractivity contribution in [3.63, 3.8) is 0 Å². The predicted molar refractivity (Wildman–Crippen MR) is 36.7 cm³/mol. The highest BCUT2D eigenvalue weighted by atomic mass is 16.5. The van der Waals surface area contributed by atoms with Crippen LogP contribution < -0.4 is 0 Å². The van der Waals surface area contributed by atoms with Crippen LogP contribution in [0.3, 0.4) is 0 Å². The van der Waals surface area contributed by atoms with Crippen LogP contribution in [-0.2, 0) is 9.53 Å². The predicted octanol–water partition coefficient (Wildman–Crippen LogP) is -0.851. The maximum absolute atomic E-state index is 10.8. The summed E-state index contributed by atoms with van der Waals surface area (Å²) < 4.78 is 4.47. The van der Waals surface area contributed by atoms with Crippen LogP contribution in [0.5, 0.6) is 0 Å². The average molecular weight is 160 g/mol. The molecule has 0 aromatic heterocycles. The van der Waals surface area contributed by atoms with Gasteiger partial charge in [0.05, 0.1) is 25.7 Å². The molecule has 0 aromatic rings. The van der Waals surface area contributed by atoms with E-state index in [9.17, 15) is 4.79 Å². The molecule has 1 fully saturated rings. The van der Waals surface area contributed by atoms with E-state index < -0.39 is 6.10 Å². The SMILES string of the molecule is COC(=O)[C@@H]1C[C@H]1[C@H](O)CO. The topological polar surface area (TPSA) is 66.8 Å². The fraction of sp³-hybridized carbons (Fsp3) is 0.857.